The molecule has 0 N–H and O–H groups in total. The van der Waals surface area contributed by atoms with Crippen LogP contribution in [0.1, 0.15) is 32.3 Å². The molecule has 1 aromatic rings. The van der Waals surface area contributed by atoms with Crippen LogP contribution in [0.2, 0.25) is 0 Å². The van der Waals surface area contributed by atoms with Crippen molar-refractivity contribution < 1.29 is 4.74 Å². The molecule has 1 aliphatic heterocycles. The summed E-state index contributed by atoms with van der Waals surface area (Å²) in [5.41, 5.74) is 1.32. The van der Waals surface area contributed by atoms with Gasteiger partial charge in [-0.25, -0.2) is 0 Å². The predicted molar refractivity (Wildman–Crippen MR) is 53.6 cm³/mol. The van der Waals surface area contributed by atoms with Crippen LogP contribution >= 0.6 is 0 Å². The van der Waals surface area contributed by atoms with E-state index in [1.807, 2.05) is 6.07 Å². The fourth-order valence-electron chi connectivity index (χ4n) is 1.88. The highest BCUT2D eigenvalue weighted by atomic mass is 16.6. The summed E-state index contributed by atoms with van der Waals surface area (Å²) in [5.74, 6) is 0. The molecular formula is C12H16O. The van der Waals surface area contributed by atoms with Crippen molar-refractivity contribution in [1.82, 2.24) is 0 Å². The highest BCUT2D eigenvalue weighted by Gasteiger charge is 2.52. The second-order valence-electron chi connectivity index (χ2n) is 3.87. The van der Waals surface area contributed by atoms with Crippen molar-refractivity contribution in [2.24, 2.45) is 0 Å². The Morgan fingerprint density at radius 1 is 1.31 bits per heavy atom. The first-order valence-corrected chi connectivity index (χ1v) is 5.00. The van der Waals surface area contributed by atoms with E-state index in [1.54, 1.807) is 0 Å². The summed E-state index contributed by atoms with van der Waals surface area (Å²) in [5, 5.41) is 0. The third kappa shape index (κ3) is 1.49. The van der Waals surface area contributed by atoms with Gasteiger partial charge in [-0.05, 0) is 18.9 Å². The van der Waals surface area contributed by atoms with Gasteiger partial charge in [0, 0.05) is 0 Å². The van der Waals surface area contributed by atoms with E-state index >= 15 is 0 Å². The first-order chi connectivity index (χ1) is 6.27. The van der Waals surface area contributed by atoms with Gasteiger partial charge in [-0.15, -0.1) is 0 Å². The van der Waals surface area contributed by atoms with Gasteiger partial charge in [-0.3, -0.25) is 0 Å². The second kappa shape index (κ2) is 3.15. The van der Waals surface area contributed by atoms with Gasteiger partial charge in [0.1, 0.15) is 5.60 Å². The summed E-state index contributed by atoms with van der Waals surface area (Å²) in [7, 11) is 0. The molecule has 0 aliphatic carbocycles. The van der Waals surface area contributed by atoms with Crippen LogP contribution in [0.3, 0.4) is 0 Å². The molecule has 1 heteroatoms. The highest BCUT2D eigenvalue weighted by Crippen LogP contribution is 2.47. The maximum atomic E-state index is 5.73. The van der Waals surface area contributed by atoms with Gasteiger partial charge in [0.15, 0.2) is 0 Å². The first kappa shape index (κ1) is 8.76. The van der Waals surface area contributed by atoms with Gasteiger partial charge in [0.25, 0.3) is 0 Å². The van der Waals surface area contributed by atoms with Gasteiger partial charge < -0.3 is 4.74 Å². The minimum absolute atomic E-state index is 0.0112. The minimum Gasteiger partial charge on any atom is -0.361 e. The predicted octanol–water partition coefficient (Wildman–Crippen LogP) is 3.10. The number of ether oxygens (including phenoxy) is 1. The van der Waals surface area contributed by atoms with Gasteiger partial charge >= 0.3 is 0 Å². The number of hydrogen-bond acceptors (Lipinski definition) is 1. The van der Waals surface area contributed by atoms with Crippen LogP contribution in [0.25, 0.3) is 0 Å². The summed E-state index contributed by atoms with van der Waals surface area (Å²) in [6.07, 6.45) is 2.82. The Kier molecular flexibility index (Phi) is 2.12. The number of benzene rings is 1. The molecule has 0 saturated carbocycles. The molecule has 0 amide bonds. The van der Waals surface area contributed by atoms with Crippen LogP contribution in [-0.2, 0) is 10.3 Å². The monoisotopic (exact) mass is 176 g/mol. The molecule has 2 rings (SSSR count). The van der Waals surface area contributed by atoms with Crippen molar-refractivity contribution >= 4 is 0 Å². The van der Waals surface area contributed by atoms with Gasteiger partial charge in [0.05, 0.1) is 6.10 Å². The van der Waals surface area contributed by atoms with Crippen LogP contribution in [0.4, 0.5) is 0 Å². The zero-order valence-corrected chi connectivity index (χ0v) is 8.29. The third-order valence-corrected chi connectivity index (χ3v) is 2.84. The molecule has 0 bridgehead atoms. The maximum absolute atomic E-state index is 5.73. The van der Waals surface area contributed by atoms with Crippen molar-refractivity contribution in [2.75, 3.05) is 0 Å². The molecule has 70 valence electrons. The Balaban J connectivity index is 2.11. The molecule has 2 atom stereocenters. The van der Waals surface area contributed by atoms with Crippen LogP contribution in [0, 0.1) is 0 Å². The summed E-state index contributed by atoms with van der Waals surface area (Å²) >= 11 is 0. The molecule has 1 saturated heterocycles. The van der Waals surface area contributed by atoms with E-state index in [2.05, 4.69) is 38.1 Å². The molecule has 1 aromatic carbocycles. The lowest BCUT2D eigenvalue weighted by Crippen LogP contribution is -2.06. The molecule has 13 heavy (non-hydrogen) atoms. The molecular weight excluding hydrogens is 160 g/mol. The fraction of sp³-hybridized carbons (Fsp3) is 0.500. The lowest BCUT2D eigenvalue weighted by molar-refractivity contribution is 0.308. The van der Waals surface area contributed by atoms with E-state index in [4.69, 9.17) is 4.74 Å². The molecule has 1 heterocycles. The van der Waals surface area contributed by atoms with Crippen molar-refractivity contribution in [3.63, 3.8) is 0 Å². The van der Waals surface area contributed by atoms with E-state index in [0.29, 0.717) is 6.10 Å². The Hall–Kier alpha value is -0.820. The minimum atomic E-state index is 0.0112. The Bertz CT molecular complexity index is 280. The maximum Gasteiger partial charge on any atom is 0.117 e. The Morgan fingerprint density at radius 2 is 2.00 bits per heavy atom. The number of rotatable bonds is 3. The standard InChI is InChI=1S/C12H16O/c1-3-7-11-12(2,13-11)10-8-5-4-6-9-10/h4-6,8-9,11H,3,7H2,1-2H3/t11-,12-/m1/s1. The summed E-state index contributed by atoms with van der Waals surface area (Å²) in [6, 6.07) is 10.5. The molecule has 0 unspecified atom stereocenters. The molecule has 0 radical (unpaired) electrons. The summed E-state index contributed by atoms with van der Waals surface area (Å²) < 4.78 is 5.73. The highest BCUT2D eigenvalue weighted by molar-refractivity contribution is 5.27. The van der Waals surface area contributed by atoms with Crippen LogP contribution < -0.4 is 0 Å². The molecule has 0 spiro atoms. The fourth-order valence-corrected chi connectivity index (χ4v) is 1.88. The van der Waals surface area contributed by atoms with Crippen molar-refractivity contribution in [2.45, 2.75) is 38.4 Å². The quantitative estimate of drug-likeness (QED) is 0.645. The zero-order valence-electron chi connectivity index (χ0n) is 8.29. The molecule has 1 aliphatic rings. The van der Waals surface area contributed by atoms with Gasteiger partial charge in [0.2, 0.25) is 0 Å². The first-order valence-electron chi connectivity index (χ1n) is 5.00. The van der Waals surface area contributed by atoms with Crippen molar-refractivity contribution in [1.29, 1.82) is 0 Å². The van der Waals surface area contributed by atoms with Crippen molar-refractivity contribution in [3.8, 4) is 0 Å². The zero-order chi connectivity index (χ0) is 9.31. The SMILES string of the molecule is CCC[C@H]1O[C@]1(C)c1ccccc1. The molecule has 0 aromatic heterocycles. The molecule has 1 fully saturated rings. The summed E-state index contributed by atoms with van der Waals surface area (Å²) in [6.45, 7) is 4.38. The van der Waals surface area contributed by atoms with Crippen LogP contribution in [-0.4, -0.2) is 6.10 Å². The largest absolute Gasteiger partial charge is 0.361 e. The lowest BCUT2D eigenvalue weighted by Gasteiger charge is -2.05. The average Bonchev–Trinajstić information content (AvgIpc) is 2.81. The van der Waals surface area contributed by atoms with Crippen LogP contribution in [0.15, 0.2) is 30.3 Å². The van der Waals surface area contributed by atoms with E-state index in [-0.39, 0.29) is 5.60 Å². The Morgan fingerprint density at radius 3 is 2.62 bits per heavy atom. The number of hydrogen-bond donors (Lipinski definition) is 0. The van der Waals surface area contributed by atoms with Gasteiger partial charge in [-0.1, -0.05) is 43.7 Å². The van der Waals surface area contributed by atoms with Crippen LogP contribution in [0.5, 0.6) is 0 Å². The smallest absolute Gasteiger partial charge is 0.117 e. The Labute approximate surface area is 79.7 Å². The topological polar surface area (TPSA) is 12.5 Å². The lowest BCUT2D eigenvalue weighted by atomic mass is 9.95. The normalized spacial score (nSPS) is 31.7. The van der Waals surface area contributed by atoms with E-state index in [9.17, 15) is 0 Å². The average molecular weight is 176 g/mol. The van der Waals surface area contributed by atoms with E-state index in [1.165, 1.54) is 18.4 Å². The summed E-state index contributed by atoms with van der Waals surface area (Å²) in [4.78, 5) is 0. The second-order valence-corrected chi connectivity index (χ2v) is 3.87. The number of epoxide rings is 1. The third-order valence-electron chi connectivity index (χ3n) is 2.84. The van der Waals surface area contributed by atoms with Gasteiger partial charge in [-0.2, -0.15) is 0 Å². The van der Waals surface area contributed by atoms with Crippen molar-refractivity contribution in [3.05, 3.63) is 35.9 Å². The van der Waals surface area contributed by atoms with E-state index in [0.717, 1.165) is 0 Å². The molecule has 1 nitrogen and oxygen atoms in total. The van der Waals surface area contributed by atoms with E-state index < -0.39 is 0 Å².